The molecule has 0 aliphatic carbocycles. The fourth-order valence-electron chi connectivity index (χ4n) is 4.83. The van der Waals surface area contributed by atoms with Gasteiger partial charge in [0.1, 0.15) is 5.82 Å². The van der Waals surface area contributed by atoms with Gasteiger partial charge in [0.05, 0.1) is 17.8 Å². The average Bonchev–Trinajstić information content (AvgIpc) is 3.52. The standard InChI is InChI=1S/C25H29F2N7O/c26-22-2-1-16(9-23(22)27)13-33-8-5-19(15-33)32-25(35)21-10-17(11-30-24(21)28)18-12-31-34(14-18)20-3-6-29-7-4-20/h1-2,9-12,14,19-20,29H,3-8,13,15H2,(H2,28,30)(H,32,35)/t19-/m1/s1. The van der Waals surface area contributed by atoms with E-state index in [4.69, 9.17) is 5.73 Å². The normalized spacial score (nSPS) is 19.2. The summed E-state index contributed by atoms with van der Waals surface area (Å²) in [6, 6.07) is 5.99. The zero-order valence-corrected chi connectivity index (χ0v) is 19.4. The summed E-state index contributed by atoms with van der Waals surface area (Å²) in [7, 11) is 0. The van der Waals surface area contributed by atoms with E-state index in [0.717, 1.165) is 56.1 Å². The van der Waals surface area contributed by atoms with Gasteiger partial charge in [-0.15, -0.1) is 0 Å². The highest BCUT2D eigenvalue weighted by Gasteiger charge is 2.26. The molecule has 0 spiro atoms. The molecule has 184 valence electrons. The first-order chi connectivity index (χ1) is 17.0. The first-order valence-electron chi connectivity index (χ1n) is 11.9. The Kier molecular flexibility index (Phi) is 6.74. The summed E-state index contributed by atoms with van der Waals surface area (Å²) in [6.45, 7) is 3.80. The van der Waals surface area contributed by atoms with Crippen LogP contribution in [0.2, 0.25) is 0 Å². The molecule has 0 radical (unpaired) electrons. The van der Waals surface area contributed by atoms with Gasteiger partial charge in [0, 0.05) is 49.2 Å². The van der Waals surface area contributed by atoms with Crippen LogP contribution >= 0.6 is 0 Å². The number of nitrogen functional groups attached to an aromatic ring is 1. The Morgan fingerprint density at radius 2 is 1.94 bits per heavy atom. The maximum Gasteiger partial charge on any atom is 0.255 e. The summed E-state index contributed by atoms with van der Waals surface area (Å²) in [5.74, 6) is -1.81. The van der Waals surface area contributed by atoms with E-state index in [0.29, 0.717) is 30.3 Å². The zero-order chi connectivity index (χ0) is 24.4. The molecule has 10 heteroatoms. The lowest BCUT2D eigenvalue weighted by Gasteiger charge is -2.22. The van der Waals surface area contributed by atoms with Gasteiger partial charge in [-0.3, -0.25) is 14.4 Å². The summed E-state index contributed by atoms with van der Waals surface area (Å²) < 4.78 is 28.7. The molecule has 0 saturated carbocycles. The third-order valence-corrected chi connectivity index (χ3v) is 6.78. The number of rotatable bonds is 6. The first-order valence-corrected chi connectivity index (χ1v) is 11.9. The van der Waals surface area contributed by atoms with Crippen molar-refractivity contribution in [1.82, 2.24) is 30.3 Å². The number of carbonyl (C=O) groups excluding carboxylic acids is 1. The van der Waals surface area contributed by atoms with Gasteiger partial charge in [0.2, 0.25) is 0 Å². The number of hydrogen-bond donors (Lipinski definition) is 3. The van der Waals surface area contributed by atoms with Crippen LogP contribution in [0, 0.1) is 11.6 Å². The predicted molar refractivity (Wildman–Crippen MR) is 129 cm³/mol. The third-order valence-electron chi connectivity index (χ3n) is 6.78. The molecule has 1 aromatic carbocycles. The Morgan fingerprint density at radius 1 is 1.11 bits per heavy atom. The summed E-state index contributed by atoms with van der Waals surface area (Å²) in [5.41, 5.74) is 8.75. The highest BCUT2D eigenvalue weighted by atomic mass is 19.2. The minimum absolute atomic E-state index is 0.0708. The number of halogens is 2. The maximum absolute atomic E-state index is 13.5. The molecule has 1 atom stereocenters. The molecule has 2 aliphatic rings. The van der Waals surface area contributed by atoms with Crippen molar-refractivity contribution in [1.29, 1.82) is 0 Å². The minimum atomic E-state index is -0.854. The van der Waals surface area contributed by atoms with Gasteiger partial charge in [-0.2, -0.15) is 5.10 Å². The Hall–Kier alpha value is -3.37. The summed E-state index contributed by atoms with van der Waals surface area (Å²) >= 11 is 0. The average molecular weight is 482 g/mol. The SMILES string of the molecule is Nc1ncc(-c2cnn(C3CCNCC3)c2)cc1C(=O)N[C@@H]1CCN(Cc2ccc(F)c(F)c2)C1. The molecule has 1 amide bonds. The molecule has 5 rings (SSSR count). The number of nitrogens with zero attached hydrogens (tertiary/aromatic N) is 4. The maximum atomic E-state index is 13.5. The van der Waals surface area contributed by atoms with E-state index in [9.17, 15) is 13.6 Å². The number of anilines is 1. The quantitative estimate of drug-likeness (QED) is 0.501. The van der Waals surface area contributed by atoms with Crippen LogP contribution in [-0.2, 0) is 6.54 Å². The van der Waals surface area contributed by atoms with Crippen molar-refractivity contribution in [3.63, 3.8) is 0 Å². The van der Waals surface area contributed by atoms with Gasteiger partial charge < -0.3 is 16.4 Å². The molecular weight excluding hydrogens is 452 g/mol. The number of amides is 1. The number of carbonyl (C=O) groups is 1. The second-order valence-corrected chi connectivity index (χ2v) is 9.29. The van der Waals surface area contributed by atoms with Crippen LogP contribution in [0.15, 0.2) is 42.9 Å². The predicted octanol–water partition coefficient (Wildman–Crippen LogP) is 2.73. The first kappa shape index (κ1) is 23.4. The fraction of sp³-hybridized carbons (Fsp3) is 0.400. The van der Waals surface area contributed by atoms with Gasteiger partial charge in [-0.25, -0.2) is 13.8 Å². The van der Waals surface area contributed by atoms with Crippen LogP contribution in [0.4, 0.5) is 14.6 Å². The molecule has 4 heterocycles. The lowest BCUT2D eigenvalue weighted by atomic mass is 10.1. The van der Waals surface area contributed by atoms with Gasteiger partial charge in [-0.05, 0) is 56.1 Å². The highest BCUT2D eigenvalue weighted by Crippen LogP contribution is 2.25. The largest absolute Gasteiger partial charge is 0.383 e. The zero-order valence-electron chi connectivity index (χ0n) is 19.4. The van der Waals surface area contributed by atoms with Crippen LogP contribution in [0.5, 0.6) is 0 Å². The molecule has 2 saturated heterocycles. The number of benzene rings is 1. The number of nitrogens with two attached hydrogens (primary N) is 1. The van der Waals surface area contributed by atoms with Crippen LogP contribution in [0.1, 0.15) is 41.2 Å². The number of hydrogen-bond acceptors (Lipinski definition) is 6. The molecule has 0 bridgehead atoms. The monoisotopic (exact) mass is 481 g/mol. The van der Waals surface area contributed by atoms with Crippen molar-refractivity contribution in [3.05, 3.63) is 65.6 Å². The Balaban J connectivity index is 1.22. The third kappa shape index (κ3) is 5.33. The van der Waals surface area contributed by atoms with Crippen LogP contribution in [0.3, 0.4) is 0 Å². The molecule has 35 heavy (non-hydrogen) atoms. The van der Waals surface area contributed by atoms with Crippen molar-refractivity contribution in [2.75, 3.05) is 31.9 Å². The van der Waals surface area contributed by atoms with Crippen molar-refractivity contribution in [2.24, 2.45) is 0 Å². The fourth-order valence-corrected chi connectivity index (χ4v) is 4.83. The van der Waals surface area contributed by atoms with Crippen LogP contribution < -0.4 is 16.4 Å². The van der Waals surface area contributed by atoms with Gasteiger partial charge in [-0.1, -0.05) is 6.07 Å². The van der Waals surface area contributed by atoms with Crippen LogP contribution in [-0.4, -0.2) is 57.8 Å². The second kappa shape index (κ2) is 10.1. The van der Waals surface area contributed by atoms with Crippen molar-refractivity contribution in [2.45, 2.75) is 37.9 Å². The van der Waals surface area contributed by atoms with Crippen molar-refractivity contribution >= 4 is 11.7 Å². The van der Waals surface area contributed by atoms with Gasteiger partial charge in [0.15, 0.2) is 11.6 Å². The second-order valence-electron chi connectivity index (χ2n) is 9.29. The Morgan fingerprint density at radius 3 is 2.74 bits per heavy atom. The Bertz CT molecular complexity index is 1210. The topological polar surface area (TPSA) is 101 Å². The van der Waals surface area contributed by atoms with Crippen molar-refractivity contribution in [3.8, 4) is 11.1 Å². The lowest BCUT2D eigenvalue weighted by Crippen LogP contribution is -2.37. The van der Waals surface area contributed by atoms with Crippen molar-refractivity contribution < 1.29 is 13.6 Å². The van der Waals surface area contributed by atoms with E-state index in [1.165, 1.54) is 6.07 Å². The number of aromatic nitrogens is 3. The molecule has 4 N–H and O–H groups in total. The molecule has 8 nitrogen and oxygen atoms in total. The van der Waals surface area contributed by atoms with E-state index in [1.807, 2.05) is 10.9 Å². The van der Waals surface area contributed by atoms with E-state index in [-0.39, 0.29) is 17.8 Å². The molecular formula is C25H29F2N7O. The van der Waals surface area contributed by atoms with E-state index >= 15 is 0 Å². The Labute approximate surface area is 202 Å². The molecule has 3 aromatic rings. The molecule has 2 aromatic heterocycles. The number of piperidine rings is 1. The van der Waals surface area contributed by atoms with E-state index in [2.05, 4.69) is 25.6 Å². The lowest BCUT2D eigenvalue weighted by molar-refractivity contribution is 0.0938. The molecule has 0 unspecified atom stereocenters. The number of pyridine rings is 1. The minimum Gasteiger partial charge on any atom is -0.383 e. The van der Waals surface area contributed by atoms with Gasteiger partial charge in [0.25, 0.3) is 5.91 Å². The summed E-state index contributed by atoms with van der Waals surface area (Å²) in [4.78, 5) is 19.4. The number of nitrogens with one attached hydrogen (secondary N) is 2. The van der Waals surface area contributed by atoms with E-state index < -0.39 is 11.6 Å². The molecule has 2 aliphatic heterocycles. The smallest absolute Gasteiger partial charge is 0.255 e. The summed E-state index contributed by atoms with van der Waals surface area (Å²) in [6.07, 6.45) is 8.27. The summed E-state index contributed by atoms with van der Waals surface area (Å²) in [5, 5.41) is 10.9. The molecule has 2 fully saturated rings. The number of likely N-dealkylation sites (tertiary alicyclic amines) is 1. The van der Waals surface area contributed by atoms with Crippen LogP contribution in [0.25, 0.3) is 11.1 Å². The highest BCUT2D eigenvalue weighted by molar-refractivity contribution is 5.99. The van der Waals surface area contributed by atoms with E-state index in [1.54, 1.807) is 24.5 Å². The van der Waals surface area contributed by atoms with Gasteiger partial charge >= 0.3 is 0 Å².